The summed E-state index contributed by atoms with van der Waals surface area (Å²) in [6, 6.07) is 20.5. The van der Waals surface area contributed by atoms with E-state index in [1.54, 1.807) is 0 Å². The van der Waals surface area contributed by atoms with Crippen molar-refractivity contribution in [3.05, 3.63) is 60.7 Å². The normalized spacial score (nSPS) is 20.1. The fourth-order valence-electron chi connectivity index (χ4n) is 4.56. The van der Waals surface area contributed by atoms with Crippen LogP contribution in [0.2, 0.25) is 5.04 Å². The molecule has 1 fully saturated rings. The Labute approximate surface area is 174 Å². The second-order valence-electron chi connectivity index (χ2n) is 8.74. The van der Waals surface area contributed by atoms with E-state index in [1.165, 1.54) is 15.3 Å². The van der Waals surface area contributed by atoms with Gasteiger partial charge in [0.15, 0.2) is 0 Å². The number of aliphatic hydroxyl groups is 1. The zero-order valence-electron chi connectivity index (χ0n) is 17.4. The molecule has 0 aliphatic carbocycles. The Hall–Kier alpha value is -2.15. The van der Waals surface area contributed by atoms with Crippen LogP contribution >= 0.6 is 0 Å². The summed E-state index contributed by atoms with van der Waals surface area (Å²) in [5.41, 5.74) is 0. The van der Waals surface area contributed by atoms with Gasteiger partial charge in [-0.2, -0.15) is 0 Å². The molecule has 0 aromatic heterocycles. The van der Waals surface area contributed by atoms with E-state index < -0.39 is 14.4 Å². The second kappa shape index (κ2) is 8.69. The number of carboxylic acid groups (broad SMARTS) is 1. The average molecular weight is 414 g/mol. The first-order chi connectivity index (χ1) is 13.8. The van der Waals surface area contributed by atoms with Crippen LogP contribution in [0.25, 0.3) is 0 Å². The number of hydrogen-bond acceptors (Lipinski definition) is 3. The fraction of sp³-hybridized carbons (Fsp3) is 0.435. The molecule has 2 aromatic carbocycles. The summed E-state index contributed by atoms with van der Waals surface area (Å²) >= 11 is 0. The van der Waals surface area contributed by atoms with Gasteiger partial charge < -0.3 is 19.5 Å². The van der Waals surface area contributed by atoms with Crippen molar-refractivity contribution >= 4 is 24.8 Å². The molecule has 6 heteroatoms. The molecule has 29 heavy (non-hydrogen) atoms. The zero-order chi connectivity index (χ0) is 21.1. The Morgan fingerprint density at radius 3 is 2.00 bits per heavy atom. The van der Waals surface area contributed by atoms with Gasteiger partial charge >= 0.3 is 6.09 Å². The molecule has 2 atom stereocenters. The van der Waals surface area contributed by atoms with Crippen LogP contribution in [-0.4, -0.2) is 54.8 Å². The number of aliphatic hydroxyl groups excluding tert-OH is 1. The van der Waals surface area contributed by atoms with Gasteiger partial charge in [-0.15, -0.1) is 0 Å². The number of rotatable bonds is 6. The molecule has 0 bridgehead atoms. The molecule has 1 saturated heterocycles. The smallest absolute Gasteiger partial charge is 0.407 e. The molecule has 5 nitrogen and oxygen atoms in total. The van der Waals surface area contributed by atoms with Gasteiger partial charge in [0.1, 0.15) is 0 Å². The first kappa shape index (κ1) is 21.6. The monoisotopic (exact) mass is 413 g/mol. The van der Waals surface area contributed by atoms with Crippen molar-refractivity contribution in [1.82, 2.24) is 4.90 Å². The van der Waals surface area contributed by atoms with E-state index >= 15 is 0 Å². The lowest BCUT2D eigenvalue weighted by Crippen LogP contribution is -2.67. The van der Waals surface area contributed by atoms with Gasteiger partial charge in [0, 0.05) is 19.2 Å². The summed E-state index contributed by atoms with van der Waals surface area (Å²) in [6.07, 6.45) is -0.101. The lowest BCUT2D eigenvalue weighted by molar-refractivity contribution is 0.127. The van der Waals surface area contributed by atoms with Gasteiger partial charge in [-0.25, -0.2) is 4.79 Å². The molecule has 1 amide bonds. The predicted octanol–water partition coefficient (Wildman–Crippen LogP) is 3.07. The maximum Gasteiger partial charge on any atom is 0.407 e. The van der Waals surface area contributed by atoms with Gasteiger partial charge in [0.25, 0.3) is 8.32 Å². The lowest BCUT2D eigenvalue weighted by Gasteiger charge is -2.44. The summed E-state index contributed by atoms with van der Waals surface area (Å²) in [4.78, 5) is 13.2. The molecule has 156 valence electrons. The van der Waals surface area contributed by atoms with Crippen LogP contribution in [0.15, 0.2) is 60.7 Å². The largest absolute Gasteiger partial charge is 0.465 e. The first-order valence-electron chi connectivity index (χ1n) is 10.2. The van der Waals surface area contributed by atoms with Crippen molar-refractivity contribution in [2.75, 3.05) is 13.2 Å². The van der Waals surface area contributed by atoms with Crippen molar-refractivity contribution in [3.8, 4) is 0 Å². The van der Waals surface area contributed by atoms with Crippen LogP contribution in [-0.2, 0) is 4.43 Å². The molecule has 1 aliphatic rings. The minimum Gasteiger partial charge on any atom is -0.465 e. The van der Waals surface area contributed by atoms with E-state index in [4.69, 9.17) is 4.43 Å². The van der Waals surface area contributed by atoms with Gasteiger partial charge in [-0.05, 0) is 28.3 Å². The van der Waals surface area contributed by atoms with Crippen LogP contribution in [0.4, 0.5) is 4.79 Å². The number of hydrogen-bond donors (Lipinski definition) is 2. The molecular formula is C23H31NO4Si. The van der Waals surface area contributed by atoms with Gasteiger partial charge in [0.05, 0.1) is 6.10 Å². The Kier molecular flexibility index (Phi) is 6.46. The van der Waals surface area contributed by atoms with Crippen LogP contribution in [0.3, 0.4) is 0 Å². The van der Waals surface area contributed by atoms with Gasteiger partial charge in [-0.1, -0.05) is 81.4 Å². The molecule has 0 unspecified atom stereocenters. The molecule has 0 saturated carbocycles. The van der Waals surface area contributed by atoms with Crippen molar-refractivity contribution in [2.24, 2.45) is 0 Å². The second-order valence-corrected chi connectivity index (χ2v) is 13.0. The third-order valence-electron chi connectivity index (χ3n) is 5.84. The minimum atomic E-state index is -2.71. The topological polar surface area (TPSA) is 70.0 Å². The molecular weight excluding hydrogens is 382 g/mol. The van der Waals surface area contributed by atoms with E-state index in [2.05, 4.69) is 45.0 Å². The molecule has 2 aromatic rings. The van der Waals surface area contributed by atoms with Crippen molar-refractivity contribution in [2.45, 2.75) is 50.8 Å². The van der Waals surface area contributed by atoms with Crippen molar-refractivity contribution in [1.29, 1.82) is 0 Å². The highest BCUT2D eigenvalue weighted by molar-refractivity contribution is 6.99. The minimum absolute atomic E-state index is 0.0274. The maximum absolute atomic E-state index is 11.7. The maximum atomic E-state index is 11.7. The Bertz CT molecular complexity index is 767. The third-order valence-corrected chi connectivity index (χ3v) is 10.9. The molecule has 2 N–H and O–H groups in total. The third kappa shape index (κ3) is 4.24. The highest BCUT2D eigenvalue weighted by Gasteiger charge is 2.52. The first-order valence-corrected chi connectivity index (χ1v) is 12.1. The summed E-state index contributed by atoms with van der Waals surface area (Å²) in [6.45, 7) is 6.96. The summed E-state index contributed by atoms with van der Waals surface area (Å²) < 4.78 is 7.04. The van der Waals surface area contributed by atoms with Gasteiger partial charge in [-0.3, -0.25) is 0 Å². The van der Waals surface area contributed by atoms with Crippen LogP contribution < -0.4 is 10.4 Å². The van der Waals surface area contributed by atoms with Gasteiger partial charge in [0.2, 0.25) is 0 Å². The summed E-state index contributed by atoms with van der Waals surface area (Å²) in [7, 11) is -2.71. The standard InChI is InChI=1S/C23H31NO4Si/c1-23(2,3)29(20-10-6-4-7-11-20,21-12-8-5-9-13-21)28-19-16-18(14-15-25)24(17-19)22(26)27/h4-13,18-19,25H,14-17H2,1-3H3,(H,26,27)/t18-,19-/m0/s1. The van der Waals surface area contributed by atoms with E-state index in [0.29, 0.717) is 19.4 Å². The number of carbonyl (C=O) groups is 1. The average Bonchev–Trinajstić information content (AvgIpc) is 3.09. The van der Waals surface area contributed by atoms with Crippen LogP contribution in [0.1, 0.15) is 33.6 Å². The Morgan fingerprint density at radius 1 is 1.07 bits per heavy atom. The fourth-order valence-corrected chi connectivity index (χ4v) is 9.24. The lowest BCUT2D eigenvalue weighted by atomic mass is 10.1. The summed E-state index contributed by atoms with van der Waals surface area (Å²) in [5, 5.41) is 21.2. The van der Waals surface area contributed by atoms with E-state index in [0.717, 1.165) is 0 Å². The summed E-state index contributed by atoms with van der Waals surface area (Å²) in [5.74, 6) is 0. The zero-order valence-corrected chi connectivity index (χ0v) is 18.4. The van der Waals surface area contributed by atoms with Crippen molar-refractivity contribution in [3.63, 3.8) is 0 Å². The van der Waals surface area contributed by atoms with Crippen LogP contribution in [0.5, 0.6) is 0 Å². The number of nitrogens with zero attached hydrogens (tertiary/aromatic N) is 1. The van der Waals surface area contributed by atoms with Crippen LogP contribution in [0, 0.1) is 0 Å². The quantitative estimate of drug-likeness (QED) is 0.714. The van der Waals surface area contributed by atoms with E-state index in [1.807, 2.05) is 36.4 Å². The van der Waals surface area contributed by atoms with E-state index in [-0.39, 0.29) is 23.8 Å². The molecule has 0 spiro atoms. The van der Waals surface area contributed by atoms with E-state index in [9.17, 15) is 15.0 Å². The number of amides is 1. The molecule has 0 radical (unpaired) electrons. The number of benzene rings is 2. The van der Waals surface area contributed by atoms with Crippen molar-refractivity contribution < 1.29 is 19.4 Å². The molecule has 3 rings (SSSR count). The Balaban J connectivity index is 2.06. The number of likely N-dealkylation sites (tertiary alicyclic amines) is 1. The molecule has 1 aliphatic heterocycles. The molecule has 1 heterocycles. The highest BCUT2D eigenvalue weighted by atomic mass is 28.4. The highest BCUT2D eigenvalue weighted by Crippen LogP contribution is 2.39. The predicted molar refractivity (Wildman–Crippen MR) is 117 cm³/mol. The Morgan fingerprint density at radius 2 is 1.59 bits per heavy atom. The SMILES string of the molecule is CC(C)(C)[Si](O[C@H]1C[C@H](CCO)N(C(=O)O)C1)(c1ccccc1)c1ccccc1.